The molecule has 3 atom stereocenters. The number of nitrogens with one attached hydrogen (secondary N) is 2. The Morgan fingerprint density at radius 2 is 1.75 bits per heavy atom. The Kier molecular flexibility index (Phi) is 6.59. The maximum Gasteiger partial charge on any atom is 0.407 e. The maximum atomic E-state index is 12.1. The van der Waals surface area contributed by atoms with Crippen LogP contribution in [0.5, 0.6) is 0 Å². The van der Waals surface area contributed by atoms with Gasteiger partial charge in [-0.05, 0) is 40.0 Å². The van der Waals surface area contributed by atoms with Gasteiger partial charge in [0.05, 0.1) is 0 Å². The predicted octanol–water partition coefficient (Wildman–Crippen LogP) is 0.529. The summed E-state index contributed by atoms with van der Waals surface area (Å²) in [4.78, 5) is 25.6. The largest absolute Gasteiger partial charge is 0.444 e. The first-order chi connectivity index (χ1) is 10.8. The maximum absolute atomic E-state index is 12.1. The minimum absolute atomic E-state index is 0.0868. The van der Waals surface area contributed by atoms with E-state index >= 15 is 0 Å². The van der Waals surface area contributed by atoms with Crippen LogP contribution in [0.4, 0.5) is 4.79 Å². The highest BCUT2D eigenvalue weighted by Crippen LogP contribution is 2.27. The molecule has 0 unspecified atom stereocenters. The fourth-order valence-corrected chi connectivity index (χ4v) is 3.38. The number of ether oxygens (including phenoxy) is 1. The Hall–Kier alpha value is -1.39. The molecule has 0 aromatic carbocycles. The number of hydrogen-bond acceptors (Lipinski definition) is 5. The topological polar surface area (TPSA) is 125 Å². The molecule has 0 radical (unpaired) electrons. The van der Waals surface area contributed by atoms with Crippen molar-refractivity contribution in [3.8, 4) is 0 Å². The third kappa shape index (κ3) is 7.02. The van der Waals surface area contributed by atoms with Crippen molar-refractivity contribution < 1.29 is 27.3 Å². The van der Waals surface area contributed by atoms with E-state index < -0.39 is 34.1 Å². The van der Waals surface area contributed by atoms with Crippen molar-refractivity contribution in [1.29, 1.82) is 0 Å². The molecular formula is C14H27N3O6S. The molecule has 0 aromatic heterocycles. The molecule has 3 N–H and O–H groups in total. The Morgan fingerprint density at radius 3 is 2.21 bits per heavy atom. The van der Waals surface area contributed by atoms with E-state index in [-0.39, 0.29) is 18.2 Å². The zero-order valence-corrected chi connectivity index (χ0v) is 15.5. The van der Waals surface area contributed by atoms with Crippen molar-refractivity contribution >= 4 is 22.3 Å². The molecule has 140 valence electrons. The van der Waals surface area contributed by atoms with E-state index in [9.17, 15) is 18.0 Å². The number of alkyl carbamates (subject to hydrolysis) is 1. The smallest absolute Gasteiger partial charge is 0.407 e. The van der Waals surface area contributed by atoms with Crippen LogP contribution in [0.2, 0.25) is 0 Å². The van der Waals surface area contributed by atoms with Crippen molar-refractivity contribution in [2.75, 3.05) is 14.1 Å². The minimum atomic E-state index is -4.42. The van der Waals surface area contributed by atoms with Gasteiger partial charge in [-0.2, -0.15) is 13.1 Å². The summed E-state index contributed by atoms with van der Waals surface area (Å²) >= 11 is 0. The molecule has 9 nitrogen and oxygen atoms in total. The number of carbonyl (C=O) groups is 2. The number of nitrogens with zero attached hydrogens (tertiary/aromatic N) is 1. The summed E-state index contributed by atoms with van der Waals surface area (Å²) < 4.78 is 38.5. The average molecular weight is 365 g/mol. The van der Waals surface area contributed by atoms with Crippen LogP contribution in [-0.2, 0) is 19.8 Å². The molecule has 1 aliphatic carbocycles. The lowest BCUT2D eigenvalue weighted by Gasteiger charge is -2.36. The zero-order valence-electron chi connectivity index (χ0n) is 14.7. The fraction of sp³-hybridized carbons (Fsp3) is 0.857. The summed E-state index contributed by atoms with van der Waals surface area (Å²) in [6, 6.07) is -1.37. The Morgan fingerprint density at radius 1 is 1.17 bits per heavy atom. The van der Waals surface area contributed by atoms with Crippen molar-refractivity contribution in [1.82, 2.24) is 14.9 Å². The van der Waals surface area contributed by atoms with Gasteiger partial charge in [-0.25, -0.2) is 4.79 Å². The van der Waals surface area contributed by atoms with E-state index in [0.717, 1.165) is 0 Å². The van der Waals surface area contributed by atoms with Gasteiger partial charge in [-0.3, -0.25) is 9.35 Å². The molecule has 0 bridgehead atoms. The Labute approximate surface area is 143 Å². The van der Waals surface area contributed by atoms with Gasteiger partial charge in [-0.1, -0.05) is 0 Å². The van der Waals surface area contributed by atoms with Gasteiger partial charge >= 0.3 is 16.4 Å². The molecule has 1 aliphatic rings. The minimum Gasteiger partial charge on any atom is -0.444 e. The van der Waals surface area contributed by atoms with Crippen LogP contribution in [0.3, 0.4) is 0 Å². The Balaban J connectivity index is 2.86. The second kappa shape index (κ2) is 7.66. The first-order valence-corrected chi connectivity index (χ1v) is 9.18. The van der Waals surface area contributed by atoms with Gasteiger partial charge in [0.1, 0.15) is 5.60 Å². The molecule has 0 aromatic rings. The van der Waals surface area contributed by atoms with E-state index in [0.29, 0.717) is 12.8 Å². The molecular weight excluding hydrogens is 338 g/mol. The molecule has 10 heteroatoms. The van der Waals surface area contributed by atoms with Crippen molar-refractivity contribution in [2.45, 2.75) is 57.7 Å². The van der Waals surface area contributed by atoms with Gasteiger partial charge in [0.25, 0.3) is 0 Å². The fourth-order valence-electron chi connectivity index (χ4n) is 2.71. The highest BCUT2D eigenvalue weighted by Gasteiger charge is 2.37. The van der Waals surface area contributed by atoms with E-state index in [1.165, 1.54) is 4.90 Å². The first kappa shape index (κ1) is 20.7. The lowest BCUT2D eigenvalue weighted by molar-refractivity contribution is -0.134. The summed E-state index contributed by atoms with van der Waals surface area (Å²) in [6.07, 6.45) is 0.317. The lowest BCUT2D eigenvalue weighted by Crippen LogP contribution is -2.56. The molecule has 24 heavy (non-hydrogen) atoms. The van der Waals surface area contributed by atoms with Gasteiger partial charge in [0, 0.05) is 32.1 Å². The Bertz CT molecular complexity index is 570. The van der Waals surface area contributed by atoms with Gasteiger partial charge in [-0.15, -0.1) is 0 Å². The van der Waals surface area contributed by atoms with Gasteiger partial charge < -0.3 is 15.0 Å². The summed E-state index contributed by atoms with van der Waals surface area (Å²) in [5.74, 6) is -0.421. The summed E-state index contributed by atoms with van der Waals surface area (Å²) in [7, 11) is -1.14. The third-order valence-electron chi connectivity index (χ3n) is 3.64. The van der Waals surface area contributed by atoms with Crippen LogP contribution < -0.4 is 10.0 Å². The lowest BCUT2D eigenvalue weighted by atomic mass is 9.82. The highest BCUT2D eigenvalue weighted by molar-refractivity contribution is 7.83. The second-order valence-electron chi connectivity index (χ2n) is 7.19. The second-order valence-corrected chi connectivity index (χ2v) is 8.38. The predicted molar refractivity (Wildman–Crippen MR) is 87.7 cm³/mol. The van der Waals surface area contributed by atoms with Crippen LogP contribution in [0.1, 0.15) is 40.0 Å². The number of carbonyl (C=O) groups excluding carboxylic acids is 2. The van der Waals surface area contributed by atoms with Crippen LogP contribution in [0.15, 0.2) is 0 Å². The first-order valence-electron chi connectivity index (χ1n) is 7.74. The molecule has 0 aliphatic heterocycles. The summed E-state index contributed by atoms with van der Waals surface area (Å²) in [5.41, 5.74) is -0.705. The van der Waals surface area contributed by atoms with Crippen LogP contribution in [0, 0.1) is 5.92 Å². The molecule has 1 rings (SSSR count). The third-order valence-corrected chi connectivity index (χ3v) is 4.24. The average Bonchev–Trinajstić information content (AvgIpc) is 2.35. The van der Waals surface area contributed by atoms with E-state index in [2.05, 4.69) is 10.0 Å². The van der Waals surface area contributed by atoms with Crippen LogP contribution in [0.25, 0.3) is 0 Å². The highest BCUT2D eigenvalue weighted by atomic mass is 32.2. The van der Waals surface area contributed by atoms with Crippen LogP contribution >= 0.6 is 0 Å². The molecule has 1 saturated carbocycles. The van der Waals surface area contributed by atoms with Crippen molar-refractivity contribution in [3.63, 3.8) is 0 Å². The molecule has 0 heterocycles. The van der Waals surface area contributed by atoms with E-state index in [1.807, 2.05) is 0 Å². The van der Waals surface area contributed by atoms with Crippen molar-refractivity contribution in [2.24, 2.45) is 5.92 Å². The molecule has 2 amide bonds. The quantitative estimate of drug-likeness (QED) is 0.624. The number of hydrogen-bond donors (Lipinski definition) is 3. The summed E-state index contributed by atoms with van der Waals surface area (Å²) in [5, 5.41) is 2.60. The molecule has 1 fully saturated rings. The zero-order chi connectivity index (χ0) is 18.7. The van der Waals surface area contributed by atoms with Crippen molar-refractivity contribution in [3.05, 3.63) is 0 Å². The van der Waals surface area contributed by atoms with Gasteiger partial charge in [0.2, 0.25) is 5.91 Å². The molecule has 0 spiro atoms. The SMILES string of the molecule is CN(C)C(=O)[C@H]1CC[C@H](NS(=O)(=O)O)[C@H](NC(=O)OC(C)(C)C)C1. The standard InChI is InChI=1S/C14H27N3O6S/c1-14(2,3)23-13(19)15-11-8-9(12(18)17(4)5)6-7-10(11)16-24(20,21)22/h9-11,16H,6-8H2,1-5H3,(H,15,19)(H,20,21,22)/t9-,10-,11+/m0/s1. The summed E-state index contributed by atoms with van der Waals surface area (Å²) in [6.45, 7) is 5.12. The number of amides is 2. The van der Waals surface area contributed by atoms with Gasteiger partial charge in [0.15, 0.2) is 0 Å². The molecule has 0 saturated heterocycles. The van der Waals surface area contributed by atoms with E-state index in [1.54, 1.807) is 34.9 Å². The van der Waals surface area contributed by atoms with Crippen LogP contribution in [-0.4, -0.2) is 61.7 Å². The normalized spacial score (nSPS) is 25.0. The van der Waals surface area contributed by atoms with E-state index in [4.69, 9.17) is 9.29 Å². The number of rotatable bonds is 4. The monoisotopic (exact) mass is 365 g/mol.